The second-order valence-corrected chi connectivity index (χ2v) is 4.40. The molecule has 0 aliphatic rings. The number of benzene rings is 1. The first-order valence-corrected chi connectivity index (χ1v) is 6.17. The van der Waals surface area contributed by atoms with Gasteiger partial charge in [0, 0.05) is 31.0 Å². The average molecular weight is 258 g/mol. The molecule has 1 aromatic heterocycles. The molecule has 1 heterocycles. The van der Waals surface area contributed by atoms with Crippen LogP contribution in [0.25, 0.3) is 0 Å². The van der Waals surface area contributed by atoms with Crippen LogP contribution in [-0.4, -0.2) is 17.2 Å². The minimum atomic E-state index is 0.274. The Bertz CT molecular complexity index is 556. The van der Waals surface area contributed by atoms with Crippen molar-refractivity contribution in [3.05, 3.63) is 53.3 Å². The Labute approximate surface area is 113 Å². The lowest BCUT2D eigenvalue weighted by Gasteiger charge is -2.10. The standard InChI is InChI=1S/C15H18N2O2/c1-11-5-6-16-9-13(11)10-17-8-12-7-14(19-2)3-4-15(12)18/h3-7,9,17-18H,8,10H2,1-2H3. The van der Waals surface area contributed by atoms with Gasteiger partial charge in [-0.15, -0.1) is 0 Å². The first-order chi connectivity index (χ1) is 9.20. The van der Waals surface area contributed by atoms with Gasteiger partial charge in [-0.25, -0.2) is 0 Å². The van der Waals surface area contributed by atoms with Gasteiger partial charge in [-0.3, -0.25) is 4.98 Å². The molecule has 4 nitrogen and oxygen atoms in total. The third-order valence-corrected chi connectivity index (χ3v) is 3.07. The van der Waals surface area contributed by atoms with Gasteiger partial charge in [0.2, 0.25) is 0 Å². The van der Waals surface area contributed by atoms with Gasteiger partial charge < -0.3 is 15.2 Å². The topological polar surface area (TPSA) is 54.4 Å². The summed E-state index contributed by atoms with van der Waals surface area (Å²) in [6.07, 6.45) is 3.64. The summed E-state index contributed by atoms with van der Waals surface area (Å²) < 4.78 is 5.14. The third kappa shape index (κ3) is 3.45. The van der Waals surface area contributed by atoms with Gasteiger partial charge >= 0.3 is 0 Å². The molecule has 0 atom stereocenters. The zero-order chi connectivity index (χ0) is 13.7. The summed E-state index contributed by atoms with van der Waals surface area (Å²) >= 11 is 0. The minimum Gasteiger partial charge on any atom is -0.508 e. The molecule has 0 saturated heterocycles. The lowest BCUT2D eigenvalue weighted by atomic mass is 10.1. The van der Waals surface area contributed by atoms with Gasteiger partial charge in [0.15, 0.2) is 0 Å². The maximum atomic E-state index is 9.77. The van der Waals surface area contributed by atoms with Gasteiger partial charge in [0.25, 0.3) is 0 Å². The van der Waals surface area contributed by atoms with E-state index in [0.29, 0.717) is 6.54 Å². The number of nitrogens with one attached hydrogen (secondary N) is 1. The van der Waals surface area contributed by atoms with Crippen molar-refractivity contribution in [2.75, 3.05) is 7.11 Å². The molecule has 2 N–H and O–H groups in total. The number of aromatic nitrogens is 1. The zero-order valence-electron chi connectivity index (χ0n) is 11.2. The Morgan fingerprint density at radius 2 is 2.00 bits per heavy atom. The van der Waals surface area contributed by atoms with Crippen LogP contribution in [0, 0.1) is 6.92 Å². The van der Waals surface area contributed by atoms with Crippen LogP contribution in [0.5, 0.6) is 11.5 Å². The first kappa shape index (κ1) is 13.4. The lowest BCUT2D eigenvalue weighted by Crippen LogP contribution is -2.13. The van der Waals surface area contributed by atoms with Crippen molar-refractivity contribution in [2.24, 2.45) is 0 Å². The van der Waals surface area contributed by atoms with E-state index in [0.717, 1.165) is 23.4 Å². The molecular formula is C15H18N2O2. The highest BCUT2D eigenvalue weighted by Gasteiger charge is 2.03. The summed E-state index contributed by atoms with van der Waals surface area (Å²) in [5.41, 5.74) is 3.18. The van der Waals surface area contributed by atoms with Gasteiger partial charge in [-0.2, -0.15) is 0 Å². The number of pyridine rings is 1. The molecule has 100 valence electrons. The fourth-order valence-electron chi connectivity index (χ4n) is 1.84. The Kier molecular flexibility index (Phi) is 4.36. The highest BCUT2D eigenvalue weighted by atomic mass is 16.5. The van der Waals surface area contributed by atoms with Crippen molar-refractivity contribution in [3.63, 3.8) is 0 Å². The second kappa shape index (κ2) is 6.20. The van der Waals surface area contributed by atoms with Crippen molar-refractivity contribution in [2.45, 2.75) is 20.0 Å². The summed E-state index contributed by atoms with van der Waals surface area (Å²) in [4.78, 5) is 4.11. The van der Waals surface area contributed by atoms with Crippen LogP contribution in [0.4, 0.5) is 0 Å². The van der Waals surface area contributed by atoms with E-state index < -0.39 is 0 Å². The van der Waals surface area contributed by atoms with E-state index in [1.807, 2.05) is 18.3 Å². The number of aryl methyl sites for hydroxylation is 1. The van der Waals surface area contributed by atoms with Crippen LogP contribution >= 0.6 is 0 Å². The molecule has 0 aliphatic heterocycles. The van der Waals surface area contributed by atoms with Gasteiger partial charge in [0.05, 0.1) is 7.11 Å². The molecule has 0 bridgehead atoms. The smallest absolute Gasteiger partial charge is 0.120 e. The third-order valence-electron chi connectivity index (χ3n) is 3.07. The molecule has 0 fully saturated rings. The average Bonchev–Trinajstić information content (AvgIpc) is 2.43. The Morgan fingerprint density at radius 3 is 2.74 bits per heavy atom. The van der Waals surface area contributed by atoms with Crippen molar-refractivity contribution in [1.29, 1.82) is 0 Å². The van der Waals surface area contributed by atoms with E-state index >= 15 is 0 Å². The maximum absolute atomic E-state index is 9.77. The monoisotopic (exact) mass is 258 g/mol. The highest BCUT2D eigenvalue weighted by Crippen LogP contribution is 2.22. The predicted molar refractivity (Wildman–Crippen MR) is 74.2 cm³/mol. The molecule has 0 amide bonds. The molecule has 4 heteroatoms. The second-order valence-electron chi connectivity index (χ2n) is 4.40. The molecule has 19 heavy (non-hydrogen) atoms. The molecule has 0 saturated carbocycles. The molecular weight excluding hydrogens is 240 g/mol. The summed E-state index contributed by atoms with van der Waals surface area (Å²) in [6.45, 7) is 3.36. The van der Waals surface area contributed by atoms with Crippen LogP contribution in [0.1, 0.15) is 16.7 Å². The van der Waals surface area contributed by atoms with Gasteiger partial charge in [-0.1, -0.05) is 0 Å². The van der Waals surface area contributed by atoms with E-state index in [4.69, 9.17) is 4.74 Å². The van der Waals surface area contributed by atoms with Crippen LogP contribution in [0.3, 0.4) is 0 Å². The SMILES string of the molecule is COc1ccc(O)c(CNCc2cnccc2C)c1. The van der Waals surface area contributed by atoms with Crippen molar-refractivity contribution in [1.82, 2.24) is 10.3 Å². The van der Waals surface area contributed by atoms with Crippen molar-refractivity contribution < 1.29 is 9.84 Å². The Morgan fingerprint density at radius 1 is 1.21 bits per heavy atom. The maximum Gasteiger partial charge on any atom is 0.120 e. The van der Waals surface area contributed by atoms with Crippen LogP contribution in [0.2, 0.25) is 0 Å². The quantitative estimate of drug-likeness (QED) is 0.864. The number of aromatic hydroxyl groups is 1. The van der Waals surface area contributed by atoms with Crippen LogP contribution < -0.4 is 10.1 Å². The fourth-order valence-corrected chi connectivity index (χ4v) is 1.84. The first-order valence-electron chi connectivity index (χ1n) is 6.17. The molecule has 0 aliphatic carbocycles. The number of ether oxygens (including phenoxy) is 1. The van der Waals surface area contributed by atoms with Crippen LogP contribution in [-0.2, 0) is 13.1 Å². The van der Waals surface area contributed by atoms with Crippen molar-refractivity contribution >= 4 is 0 Å². The lowest BCUT2D eigenvalue weighted by molar-refractivity contribution is 0.410. The summed E-state index contributed by atoms with van der Waals surface area (Å²) in [7, 11) is 1.61. The number of phenols is 1. The number of hydrogen-bond acceptors (Lipinski definition) is 4. The molecule has 0 unspecified atom stereocenters. The molecule has 2 rings (SSSR count). The molecule has 0 spiro atoms. The van der Waals surface area contributed by atoms with Crippen LogP contribution in [0.15, 0.2) is 36.7 Å². The normalized spacial score (nSPS) is 10.4. The fraction of sp³-hybridized carbons (Fsp3) is 0.267. The number of methoxy groups -OCH3 is 1. The number of rotatable bonds is 5. The largest absolute Gasteiger partial charge is 0.508 e. The Hall–Kier alpha value is -2.07. The predicted octanol–water partition coefficient (Wildman–Crippen LogP) is 2.39. The summed E-state index contributed by atoms with van der Waals surface area (Å²) in [6, 6.07) is 7.20. The molecule has 0 radical (unpaired) electrons. The van der Waals surface area contributed by atoms with E-state index in [9.17, 15) is 5.11 Å². The van der Waals surface area contributed by atoms with E-state index in [-0.39, 0.29) is 5.75 Å². The summed E-state index contributed by atoms with van der Waals surface area (Å²) in [5.74, 6) is 1.02. The Balaban J connectivity index is 1.98. The van der Waals surface area contributed by atoms with Gasteiger partial charge in [-0.05, 0) is 42.3 Å². The minimum absolute atomic E-state index is 0.274. The number of nitrogens with zero attached hydrogens (tertiary/aromatic N) is 1. The number of hydrogen-bond donors (Lipinski definition) is 2. The van der Waals surface area contributed by atoms with Gasteiger partial charge in [0.1, 0.15) is 11.5 Å². The summed E-state index contributed by atoms with van der Waals surface area (Å²) in [5, 5.41) is 13.1. The molecule has 2 aromatic rings. The zero-order valence-corrected chi connectivity index (χ0v) is 11.2. The number of phenolic OH excluding ortho intramolecular Hbond substituents is 1. The van der Waals surface area contributed by atoms with E-state index in [2.05, 4.69) is 17.2 Å². The van der Waals surface area contributed by atoms with Crippen molar-refractivity contribution in [3.8, 4) is 11.5 Å². The molecule has 1 aromatic carbocycles. The highest BCUT2D eigenvalue weighted by molar-refractivity contribution is 5.39. The van der Waals surface area contributed by atoms with E-state index in [1.54, 1.807) is 25.4 Å². The van der Waals surface area contributed by atoms with E-state index in [1.165, 1.54) is 5.56 Å².